The summed E-state index contributed by atoms with van der Waals surface area (Å²) in [6, 6.07) is 12.6. The molecule has 1 aliphatic heterocycles. The minimum atomic E-state index is -3.57. The number of carbonyl (C=O) groups is 1. The molecule has 1 heterocycles. The SMILES string of the molecule is C/C(=N\NC(=O)CCc1ccc(S(=O)(=O)N2CCOCC2)cc1)c1ccccc1OC(F)F. The summed E-state index contributed by atoms with van der Waals surface area (Å²) in [5.74, 6) is -0.401. The number of alkyl halides is 2. The average Bonchev–Trinajstić information content (AvgIpc) is 2.82. The zero-order valence-electron chi connectivity index (χ0n) is 18.0. The van der Waals surface area contributed by atoms with Crippen LogP contribution in [-0.4, -0.2) is 57.3 Å². The summed E-state index contributed by atoms with van der Waals surface area (Å²) in [6.45, 7) is -0.00459. The molecule has 0 aliphatic carbocycles. The van der Waals surface area contributed by atoms with Gasteiger partial charge in [-0.15, -0.1) is 0 Å². The third kappa shape index (κ3) is 6.80. The molecular weight excluding hydrogens is 456 g/mol. The van der Waals surface area contributed by atoms with Crippen molar-refractivity contribution in [3.05, 3.63) is 59.7 Å². The number of morpholine rings is 1. The third-order valence-electron chi connectivity index (χ3n) is 5.01. The molecule has 0 unspecified atom stereocenters. The number of nitrogens with zero attached hydrogens (tertiary/aromatic N) is 2. The highest BCUT2D eigenvalue weighted by Gasteiger charge is 2.26. The zero-order chi connectivity index (χ0) is 23.8. The average molecular weight is 482 g/mol. The highest BCUT2D eigenvalue weighted by molar-refractivity contribution is 7.89. The van der Waals surface area contributed by atoms with Crippen molar-refractivity contribution in [2.24, 2.45) is 5.10 Å². The van der Waals surface area contributed by atoms with Gasteiger partial charge < -0.3 is 9.47 Å². The predicted molar refractivity (Wildman–Crippen MR) is 118 cm³/mol. The molecule has 0 spiro atoms. The molecule has 0 aromatic heterocycles. The molecule has 178 valence electrons. The summed E-state index contributed by atoms with van der Waals surface area (Å²) >= 11 is 0. The van der Waals surface area contributed by atoms with Crippen LogP contribution >= 0.6 is 0 Å². The Balaban J connectivity index is 1.55. The summed E-state index contributed by atoms with van der Waals surface area (Å²) < 4.78 is 61.5. The number of ether oxygens (including phenoxy) is 2. The van der Waals surface area contributed by atoms with E-state index in [1.807, 2.05) is 0 Å². The molecule has 0 saturated carbocycles. The number of halogens is 2. The van der Waals surface area contributed by atoms with Crippen LogP contribution in [0.4, 0.5) is 8.78 Å². The van der Waals surface area contributed by atoms with Crippen LogP contribution in [0.1, 0.15) is 24.5 Å². The van der Waals surface area contributed by atoms with E-state index in [-0.39, 0.29) is 23.0 Å². The maximum absolute atomic E-state index is 12.7. The molecule has 1 saturated heterocycles. The van der Waals surface area contributed by atoms with Gasteiger partial charge in [0, 0.05) is 25.1 Å². The van der Waals surface area contributed by atoms with Crippen molar-refractivity contribution in [2.45, 2.75) is 31.3 Å². The van der Waals surface area contributed by atoms with Gasteiger partial charge in [0.25, 0.3) is 0 Å². The first-order valence-electron chi connectivity index (χ1n) is 10.3. The number of nitrogens with one attached hydrogen (secondary N) is 1. The van der Waals surface area contributed by atoms with Gasteiger partial charge in [-0.1, -0.05) is 24.3 Å². The van der Waals surface area contributed by atoms with Gasteiger partial charge in [-0.05, 0) is 43.2 Å². The summed E-state index contributed by atoms with van der Waals surface area (Å²) in [5, 5.41) is 3.97. The van der Waals surface area contributed by atoms with E-state index in [9.17, 15) is 22.0 Å². The Morgan fingerprint density at radius 2 is 1.82 bits per heavy atom. The normalized spacial score (nSPS) is 15.5. The minimum absolute atomic E-state index is 0.0323. The van der Waals surface area contributed by atoms with Crippen LogP contribution in [-0.2, 0) is 26.0 Å². The lowest BCUT2D eigenvalue weighted by Gasteiger charge is -2.26. The number of carbonyl (C=O) groups excluding carboxylic acids is 1. The number of aryl methyl sites for hydroxylation is 1. The molecule has 1 fully saturated rings. The van der Waals surface area contributed by atoms with E-state index in [1.165, 1.54) is 22.5 Å². The molecule has 1 amide bonds. The van der Waals surface area contributed by atoms with Crippen molar-refractivity contribution in [3.63, 3.8) is 0 Å². The standard InChI is InChI=1S/C22H25F2N3O5S/c1-16(19-4-2-3-5-20(19)32-22(23)24)25-26-21(28)11-8-17-6-9-18(10-7-17)33(29,30)27-12-14-31-15-13-27/h2-7,9-10,22H,8,11-15H2,1H3,(H,26,28)/b25-16+. The van der Waals surface area contributed by atoms with E-state index in [1.54, 1.807) is 37.3 Å². The summed E-state index contributed by atoms with van der Waals surface area (Å²) in [6.07, 6.45) is 0.491. The van der Waals surface area contributed by atoms with E-state index in [4.69, 9.17) is 4.74 Å². The topological polar surface area (TPSA) is 97.3 Å². The number of amides is 1. The van der Waals surface area contributed by atoms with Gasteiger partial charge >= 0.3 is 6.61 Å². The van der Waals surface area contributed by atoms with E-state index in [0.29, 0.717) is 44.0 Å². The fourth-order valence-corrected chi connectivity index (χ4v) is 4.66. The number of hydrazone groups is 1. The van der Waals surface area contributed by atoms with Gasteiger partial charge in [-0.2, -0.15) is 18.2 Å². The van der Waals surface area contributed by atoms with Gasteiger partial charge in [0.05, 0.1) is 23.8 Å². The first-order chi connectivity index (χ1) is 15.8. The molecule has 0 radical (unpaired) electrons. The molecule has 2 aromatic carbocycles. The molecule has 3 rings (SSSR count). The van der Waals surface area contributed by atoms with Crippen LogP contribution < -0.4 is 10.2 Å². The molecule has 1 N–H and O–H groups in total. The van der Waals surface area contributed by atoms with Crippen LogP contribution in [0.5, 0.6) is 5.75 Å². The Morgan fingerprint density at radius 1 is 1.15 bits per heavy atom. The van der Waals surface area contributed by atoms with Gasteiger partial charge in [0.2, 0.25) is 15.9 Å². The van der Waals surface area contributed by atoms with E-state index < -0.39 is 16.6 Å². The maximum Gasteiger partial charge on any atom is 0.387 e. The van der Waals surface area contributed by atoms with Crippen LogP contribution in [0.2, 0.25) is 0 Å². The molecular formula is C22H25F2N3O5S. The number of hydrogen-bond donors (Lipinski definition) is 1. The lowest BCUT2D eigenvalue weighted by atomic mass is 10.1. The molecule has 0 atom stereocenters. The molecule has 2 aromatic rings. The fraction of sp³-hybridized carbons (Fsp3) is 0.364. The smallest absolute Gasteiger partial charge is 0.387 e. The predicted octanol–water partition coefficient (Wildman–Crippen LogP) is 2.78. The zero-order valence-corrected chi connectivity index (χ0v) is 18.9. The van der Waals surface area contributed by atoms with Crippen LogP contribution in [0.15, 0.2) is 58.5 Å². The number of sulfonamides is 1. The van der Waals surface area contributed by atoms with Crippen LogP contribution in [0, 0.1) is 0 Å². The number of hydrogen-bond acceptors (Lipinski definition) is 6. The van der Waals surface area contributed by atoms with E-state index in [2.05, 4.69) is 15.3 Å². The van der Waals surface area contributed by atoms with Crippen molar-refractivity contribution >= 4 is 21.6 Å². The second-order valence-electron chi connectivity index (χ2n) is 7.27. The Hall–Kier alpha value is -2.89. The Morgan fingerprint density at radius 3 is 2.48 bits per heavy atom. The Kier molecular flexibility index (Phi) is 8.48. The lowest BCUT2D eigenvalue weighted by molar-refractivity contribution is -0.121. The van der Waals surface area contributed by atoms with Gasteiger partial charge in [0.1, 0.15) is 5.75 Å². The van der Waals surface area contributed by atoms with Crippen molar-refractivity contribution in [1.82, 2.24) is 9.73 Å². The van der Waals surface area contributed by atoms with E-state index in [0.717, 1.165) is 5.56 Å². The summed E-state index contributed by atoms with van der Waals surface area (Å²) in [5.41, 5.74) is 3.86. The monoisotopic (exact) mass is 481 g/mol. The second-order valence-corrected chi connectivity index (χ2v) is 9.21. The largest absolute Gasteiger partial charge is 0.434 e. The number of benzene rings is 2. The molecule has 0 bridgehead atoms. The fourth-order valence-electron chi connectivity index (χ4n) is 3.25. The summed E-state index contributed by atoms with van der Waals surface area (Å²) in [7, 11) is -3.57. The lowest BCUT2D eigenvalue weighted by Crippen LogP contribution is -2.40. The molecule has 8 nitrogen and oxygen atoms in total. The highest BCUT2D eigenvalue weighted by Crippen LogP contribution is 2.21. The summed E-state index contributed by atoms with van der Waals surface area (Å²) in [4.78, 5) is 12.4. The van der Waals surface area contributed by atoms with Crippen molar-refractivity contribution in [3.8, 4) is 5.75 Å². The minimum Gasteiger partial charge on any atom is -0.434 e. The van der Waals surface area contributed by atoms with Crippen molar-refractivity contribution in [2.75, 3.05) is 26.3 Å². The second kappa shape index (κ2) is 11.3. The third-order valence-corrected chi connectivity index (χ3v) is 6.93. The van der Waals surface area contributed by atoms with Crippen molar-refractivity contribution in [1.29, 1.82) is 0 Å². The Bertz CT molecular complexity index is 1090. The van der Waals surface area contributed by atoms with E-state index >= 15 is 0 Å². The quantitative estimate of drug-likeness (QED) is 0.439. The first-order valence-corrected chi connectivity index (χ1v) is 11.8. The van der Waals surface area contributed by atoms with Gasteiger partial charge in [-0.3, -0.25) is 4.79 Å². The number of para-hydroxylation sites is 1. The molecule has 11 heteroatoms. The Labute approximate surface area is 191 Å². The highest BCUT2D eigenvalue weighted by atomic mass is 32.2. The maximum atomic E-state index is 12.7. The first kappa shape index (κ1) is 24.7. The van der Waals surface area contributed by atoms with Crippen molar-refractivity contribution < 1.29 is 31.5 Å². The molecule has 1 aliphatic rings. The number of rotatable bonds is 9. The van der Waals surface area contributed by atoms with Crippen LogP contribution in [0.25, 0.3) is 0 Å². The van der Waals surface area contributed by atoms with Gasteiger partial charge in [0.15, 0.2) is 0 Å². The van der Waals surface area contributed by atoms with Gasteiger partial charge in [-0.25, -0.2) is 13.8 Å². The molecule has 33 heavy (non-hydrogen) atoms. The van der Waals surface area contributed by atoms with Crippen LogP contribution in [0.3, 0.4) is 0 Å².